The predicted octanol–water partition coefficient (Wildman–Crippen LogP) is 1.02. The maximum Gasteiger partial charge on any atom is 0.116 e. The third-order valence-electron chi connectivity index (χ3n) is 1.31. The SMILES string of the molecule is CC.[B]c1cnc2cn[nH]c2c1.[HH]. The van der Waals surface area contributed by atoms with Gasteiger partial charge in [-0.1, -0.05) is 19.3 Å². The molecular formula is C8H12BN3. The van der Waals surface area contributed by atoms with Crippen molar-refractivity contribution in [3.8, 4) is 0 Å². The molecule has 0 bridgehead atoms. The average Bonchev–Trinajstić information content (AvgIpc) is 2.54. The van der Waals surface area contributed by atoms with Gasteiger partial charge < -0.3 is 0 Å². The zero-order valence-electron chi connectivity index (χ0n) is 7.20. The summed E-state index contributed by atoms with van der Waals surface area (Å²) in [6.45, 7) is 4.00. The monoisotopic (exact) mass is 161 g/mol. The van der Waals surface area contributed by atoms with Crippen LogP contribution in [0.25, 0.3) is 11.0 Å². The number of pyridine rings is 1. The van der Waals surface area contributed by atoms with E-state index >= 15 is 0 Å². The van der Waals surface area contributed by atoms with Crippen molar-refractivity contribution in [3.63, 3.8) is 0 Å². The Morgan fingerprint density at radius 3 is 2.92 bits per heavy atom. The van der Waals surface area contributed by atoms with Gasteiger partial charge in [-0.15, -0.1) is 0 Å². The van der Waals surface area contributed by atoms with Crippen LogP contribution in [0.2, 0.25) is 0 Å². The van der Waals surface area contributed by atoms with Gasteiger partial charge in [-0.25, -0.2) is 0 Å². The Kier molecular flexibility index (Phi) is 2.85. The molecule has 0 aliphatic carbocycles. The topological polar surface area (TPSA) is 41.6 Å². The Labute approximate surface area is 74.1 Å². The van der Waals surface area contributed by atoms with Crippen LogP contribution in [-0.2, 0) is 0 Å². The van der Waals surface area contributed by atoms with Gasteiger partial charge in [-0.2, -0.15) is 5.10 Å². The van der Waals surface area contributed by atoms with Crippen LogP contribution in [-0.4, -0.2) is 23.0 Å². The fourth-order valence-corrected chi connectivity index (χ4v) is 0.847. The number of aromatic amines is 1. The van der Waals surface area contributed by atoms with Crippen molar-refractivity contribution >= 4 is 24.3 Å². The second-order valence-electron chi connectivity index (χ2n) is 2.07. The number of hydrogen-bond acceptors (Lipinski definition) is 2. The Morgan fingerprint density at radius 2 is 2.17 bits per heavy atom. The summed E-state index contributed by atoms with van der Waals surface area (Å²) < 4.78 is 0. The molecule has 2 radical (unpaired) electrons. The first kappa shape index (κ1) is 8.78. The standard InChI is InChI=1S/C6H4BN3.C2H6.H2/c7-4-1-5-6(8-2-4)3-9-10-5;1-2;/h1-3H,(H,9,10);1-2H3;1H. The number of nitrogens with one attached hydrogen (secondary N) is 1. The molecule has 3 nitrogen and oxygen atoms in total. The minimum Gasteiger partial charge on any atom is -0.276 e. The summed E-state index contributed by atoms with van der Waals surface area (Å²) in [7, 11) is 5.47. The lowest BCUT2D eigenvalue weighted by Crippen LogP contribution is -2.01. The van der Waals surface area contributed by atoms with Crippen molar-refractivity contribution < 1.29 is 1.43 Å². The third-order valence-corrected chi connectivity index (χ3v) is 1.31. The quantitative estimate of drug-likeness (QED) is 0.586. The Balaban J connectivity index is 0.000000451. The van der Waals surface area contributed by atoms with Crippen LogP contribution in [0.1, 0.15) is 15.3 Å². The fourth-order valence-electron chi connectivity index (χ4n) is 0.847. The lowest BCUT2D eigenvalue weighted by Gasteiger charge is -1.88. The van der Waals surface area contributed by atoms with Gasteiger partial charge in [0.05, 0.1) is 11.7 Å². The molecule has 0 fully saturated rings. The van der Waals surface area contributed by atoms with Crippen LogP contribution >= 0.6 is 0 Å². The van der Waals surface area contributed by atoms with Gasteiger partial charge in [0.1, 0.15) is 13.4 Å². The van der Waals surface area contributed by atoms with E-state index < -0.39 is 0 Å². The predicted molar refractivity (Wildman–Crippen MR) is 52.7 cm³/mol. The van der Waals surface area contributed by atoms with Crippen LogP contribution in [0.4, 0.5) is 0 Å². The van der Waals surface area contributed by atoms with Crippen molar-refractivity contribution in [1.29, 1.82) is 0 Å². The molecule has 12 heavy (non-hydrogen) atoms. The van der Waals surface area contributed by atoms with Crippen LogP contribution in [0.15, 0.2) is 18.5 Å². The molecule has 2 aromatic rings. The van der Waals surface area contributed by atoms with E-state index in [9.17, 15) is 0 Å². The van der Waals surface area contributed by atoms with Crippen LogP contribution < -0.4 is 5.46 Å². The van der Waals surface area contributed by atoms with Crippen molar-refractivity contribution in [2.45, 2.75) is 13.8 Å². The summed E-state index contributed by atoms with van der Waals surface area (Å²) in [5.41, 5.74) is 2.37. The van der Waals surface area contributed by atoms with Crippen molar-refractivity contribution in [2.75, 3.05) is 0 Å². The first-order chi connectivity index (χ1) is 5.86. The van der Waals surface area contributed by atoms with Crippen molar-refractivity contribution in [1.82, 2.24) is 15.2 Å². The maximum absolute atomic E-state index is 5.47. The van der Waals surface area contributed by atoms with Crippen LogP contribution in [0, 0.1) is 0 Å². The van der Waals surface area contributed by atoms with Crippen LogP contribution in [0.5, 0.6) is 0 Å². The summed E-state index contributed by atoms with van der Waals surface area (Å²) in [5, 5.41) is 6.57. The number of fused-ring (bicyclic) bond motifs is 1. The molecule has 0 atom stereocenters. The highest BCUT2D eigenvalue weighted by Crippen LogP contribution is 2.01. The molecular weight excluding hydrogens is 149 g/mol. The highest BCUT2D eigenvalue weighted by molar-refractivity contribution is 6.32. The number of rotatable bonds is 0. The largest absolute Gasteiger partial charge is 0.276 e. The van der Waals surface area contributed by atoms with Gasteiger partial charge in [0.2, 0.25) is 0 Å². The third kappa shape index (κ3) is 1.64. The second-order valence-corrected chi connectivity index (χ2v) is 2.07. The summed E-state index contributed by atoms with van der Waals surface area (Å²) in [6, 6.07) is 1.80. The number of aromatic nitrogens is 3. The van der Waals surface area contributed by atoms with Crippen molar-refractivity contribution in [3.05, 3.63) is 18.5 Å². The lowest BCUT2D eigenvalue weighted by molar-refractivity contribution is 1.12. The number of nitrogens with zero attached hydrogens (tertiary/aromatic N) is 2. The number of H-pyrrole nitrogens is 1. The molecule has 0 unspecified atom stereocenters. The van der Waals surface area contributed by atoms with E-state index in [1.807, 2.05) is 13.8 Å². The summed E-state index contributed by atoms with van der Waals surface area (Å²) >= 11 is 0. The zero-order chi connectivity index (χ0) is 8.97. The molecule has 2 aromatic heterocycles. The van der Waals surface area contributed by atoms with Gasteiger partial charge in [0.15, 0.2) is 0 Å². The van der Waals surface area contributed by atoms with E-state index in [4.69, 9.17) is 7.85 Å². The van der Waals surface area contributed by atoms with E-state index in [1.54, 1.807) is 18.5 Å². The Morgan fingerprint density at radius 1 is 1.42 bits per heavy atom. The fraction of sp³-hybridized carbons (Fsp3) is 0.250. The molecule has 0 amide bonds. The molecule has 0 aliphatic rings. The molecule has 62 valence electrons. The van der Waals surface area contributed by atoms with Gasteiger partial charge in [-0.05, 0) is 6.07 Å². The van der Waals surface area contributed by atoms with Crippen LogP contribution in [0.3, 0.4) is 0 Å². The zero-order valence-corrected chi connectivity index (χ0v) is 7.20. The minimum atomic E-state index is 0. The molecule has 2 heterocycles. The Hall–Kier alpha value is -1.32. The molecule has 0 aliphatic heterocycles. The van der Waals surface area contributed by atoms with Gasteiger partial charge in [0, 0.05) is 7.62 Å². The van der Waals surface area contributed by atoms with Gasteiger partial charge in [-0.3, -0.25) is 10.1 Å². The highest BCUT2D eigenvalue weighted by atomic mass is 15.1. The summed E-state index contributed by atoms with van der Waals surface area (Å²) in [4.78, 5) is 4.02. The first-order valence-corrected chi connectivity index (χ1v) is 3.91. The first-order valence-electron chi connectivity index (χ1n) is 3.91. The Bertz CT molecular complexity index is 361. The van der Waals surface area contributed by atoms with Crippen molar-refractivity contribution in [2.24, 2.45) is 0 Å². The normalized spacial score (nSPS) is 9.17. The minimum absolute atomic E-state index is 0. The molecule has 0 saturated carbocycles. The molecule has 1 N–H and O–H groups in total. The lowest BCUT2D eigenvalue weighted by atomic mass is 9.99. The van der Waals surface area contributed by atoms with Gasteiger partial charge in [0.25, 0.3) is 0 Å². The molecule has 2 rings (SSSR count). The molecule has 4 heteroatoms. The van der Waals surface area contributed by atoms with E-state index in [-0.39, 0.29) is 1.43 Å². The number of hydrogen-bond donors (Lipinski definition) is 1. The van der Waals surface area contributed by atoms with Gasteiger partial charge >= 0.3 is 0 Å². The molecule has 0 saturated heterocycles. The molecule has 0 spiro atoms. The van der Waals surface area contributed by atoms with E-state index in [0.29, 0.717) is 5.46 Å². The highest BCUT2D eigenvalue weighted by Gasteiger charge is 1.93. The summed E-state index contributed by atoms with van der Waals surface area (Å²) in [6.07, 6.45) is 3.27. The maximum atomic E-state index is 5.47. The van der Waals surface area contributed by atoms with E-state index in [0.717, 1.165) is 11.0 Å². The average molecular weight is 161 g/mol. The summed E-state index contributed by atoms with van der Waals surface area (Å²) in [5.74, 6) is 0. The second kappa shape index (κ2) is 3.90. The molecule has 0 aromatic carbocycles. The van der Waals surface area contributed by atoms with E-state index in [1.165, 1.54) is 0 Å². The smallest absolute Gasteiger partial charge is 0.116 e. The van der Waals surface area contributed by atoms with E-state index in [2.05, 4.69) is 15.2 Å².